The predicted molar refractivity (Wildman–Crippen MR) is 113 cm³/mol. The number of hydrogen-bond donors (Lipinski definition) is 0. The maximum atomic E-state index is 13.0. The van der Waals surface area contributed by atoms with Gasteiger partial charge in [0, 0.05) is 38.2 Å². The molecule has 0 saturated heterocycles. The number of rotatable bonds is 7. The van der Waals surface area contributed by atoms with E-state index in [2.05, 4.69) is 9.97 Å². The van der Waals surface area contributed by atoms with Crippen molar-refractivity contribution >= 4 is 17.5 Å². The first-order chi connectivity index (χ1) is 14.1. The van der Waals surface area contributed by atoms with Crippen LogP contribution in [0.5, 0.6) is 0 Å². The summed E-state index contributed by atoms with van der Waals surface area (Å²) >= 11 is 0. The molecular weight excluding hydrogens is 364 g/mol. The van der Waals surface area contributed by atoms with Crippen LogP contribution in [0.2, 0.25) is 0 Å². The molecule has 29 heavy (non-hydrogen) atoms. The van der Waals surface area contributed by atoms with Crippen LogP contribution in [-0.4, -0.2) is 46.8 Å². The largest absolute Gasteiger partial charge is 0.340 e. The topological polar surface area (TPSA) is 66.4 Å². The summed E-state index contributed by atoms with van der Waals surface area (Å²) in [6.07, 6.45) is 4.20. The van der Waals surface area contributed by atoms with E-state index >= 15 is 0 Å². The van der Waals surface area contributed by atoms with Gasteiger partial charge in [0.15, 0.2) is 0 Å². The molecule has 0 bridgehead atoms. The molecule has 0 saturated carbocycles. The Balaban J connectivity index is 1.72. The van der Waals surface area contributed by atoms with E-state index in [9.17, 15) is 9.59 Å². The minimum atomic E-state index is -0.229. The zero-order chi connectivity index (χ0) is 20.6. The third-order valence-electron chi connectivity index (χ3n) is 4.65. The van der Waals surface area contributed by atoms with E-state index < -0.39 is 0 Å². The van der Waals surface area contributed by atoms with E-state index in [1.54, 1.807) is 47.4 Å². The minimum absolute atomic E-state index is 0.212. The highest BCUT2D eigenvalue weighted by atomic mass is 16.2. The van der Waals surface area contributed by atoms with Gasteiger partial charge in [0.1, 0.15) is 11.4 Å². The monoisotopic (exact) mass is 388 g/mol. The van der Waals surface area contributed by atoms with E-state index in [4.69, 9.17) is 0 Å². The van der Waals surface area contributed by atoms with Crippen LogP contribution in [0.3, 0.4) is 0 Å². The van der Waals surface area contributed by atoms with Gasteiger partial charge < -0.3 is 9.80 Å². The predicted octanol–water partition coefficient (Wildman–Crippen LogP) is 3.46. The quantitative estimate of drug-likeness (QED) is 0.622. The summed E-state index contributed by atoms with van der Waals surface area (Å²) in [4.78, 5) is 37.3. The zero-order valence-corrected chi connectivity index (χ0v) is 16.7. The second-order valence-corrected chi connectivity index (χ2v) is 6.63. The number of pyridine rings is 2. The molecule has 0 aliphatic rings. The average molecular weight is 388 g/mol. The number of hydrogen-bond acceptors (Lipinski definition) is 4. The lowest BCUT2D eigenvalue weighted by atomic mass is 10.2. The molecule has 0 atom stereocenters. The molecule has 148 valence electrons. The first kappa shape index (κ1) is 20.2. The van der Waals surface area contributed by atoms with Gasteiger partial charge in [-0.3, -0.25) is 14.6 Å². The molecule has 1 aromatic carbocycles. The van der Waals surface area contributed by atoms with Crippen LogP contribution in [-0.2, 0) is 6.42 Å². The van der Waals surface area contributed by atoms with Crippen LogP contribution < -0.4 is 4.90 Å². The van der Waals surface area contributed by atoms with Crippen molar-refractivity contribution in [3.05, 3.63) is 90.0 Å². The molecule has 6 nitrogen and oxygen atoms in total. The molecule has 0 radical (unpaired) electrons. The number of anilines is 1. The summed E-state index contributed by atoms with van der Waals surface area (Å²) in [7, 11) is 1.74. The fourth-order valence-electron chi connectivity index (χ4n) is 3.01. The average Bonchev–Trinajstić information content (AvgIpc) is 2.79. The number of amides is 2. The smallest absolute Gasteiger partial charge is 0.276 e. The highest BCUT2D eigenvalue weighted by molar-refractivity contribution is 6.05. The Morgan fingerprint density at radius 2 is 1.52 bits per heavy atom. The van der Waals surface area contributed by atoms with Crippen LogP contribution in [0.1, 0.15) is 33.5 Å². The Morgan fingerprint density at radius 1 is 0.862 bits per heavy atom. The van der Waals surface area contributed by atoms with Crippen molar-refractivity contribution in [1.29, 1.82) is 0 Å². The highest BCUT2D eigenvalue weighted by Crippen LogP contribution is 2.16. The SMILES string of the molecule is CCN(C(=O)c1cccc(C(=O)N(C)CCc2ccncc2)n1)c1ccccc1. The van der Waals surface area contributed by atoms with Gasteiger partial charge in [-0.1, -0.05) is 24.3 Å². The molecule has 6 heteroatoms. The molecular formula is C23H24N4O2. The van der Waals surface area contributed by atoms with E-state index in [-0.39, 0.29) is 23.2 Å². The van der Waals surface area contributed by atoms with Crippen LogP contribution in [0.25, 0.3) is 0 Å². The molecule has 0 N–H and O–H groups in total. The summed E-state index contributed by atoms with van der Waals surface area (Å²) < 4.78 is 0. The van der Waals surface area contributed by atoms with Crippen LogP contribution in [0.4, 0.5) is 5.69 Å². The molecule has 0 spiro atoms. The van der Waals surface area contributed by atoms with Crippen molar-refractivity contribution in [2.75, 3.05) is 25.0 Å². The summed E-state index contributed by atoms with van der Waals surface area (Å²) in [5, 5.41) is 0. The van der Waals surface area contributed by atoms with Gasteiger partial charge in [0.25, 0.3) is 11.8 Å². The van der Waals surface area contributed by atoms with Crippen LogP contribution in [0.15, 0.2) is 73.1 Å². The second kappa shape index (κ2) is 9.59. The van der Waals surface area contributed by atoms with E-state index in [0.29, 0.717) is 13.1 Å². The molecule has 3 rings (SSSR count). The lowest BCUT2D eigenvalue weighted by Crippen LogP contribution is -2.33. The lowest BCUT2D eigenvalue weighted by Gasteiger charge is -2.21. The van der Waals surface area contributed by atoms with E-state index in [1.807, 2.05) is 49.4 Å². The van der Waals surface area contributed by atoms with Gasteiger partial charge in [-0.25, -0.2) is 4.98 Å². The zero-order valence-electron chi connectivity index (χ0n) is 16.7. The van der Waals surface area contributed by atoms with Crippen molar-refractivity contribution in [3.8, 4) is 0 Å². The Bertz CT molecular complexity index is 961. The van der Waals surface area contributed by atoms with Gasteiger partial charge in [0.2, 0.25) is 0 Å². The normalized spacial score (nSPS) is 10.4. The third-order valence-corrected chi connectivity index (χ3v) is 4.65. The van der Waals surface area contributed by atoms with Crippen LogP contribution in [0, 0.1) is 0 Å². The molecule has 0 aliphatic heterocycles. The number of carbonyl (C=O) groups is 2. The van der Waals surface area contributed by atoms with Gasteiger partial charge >= 0.3 is 0 Å². The fraction of sp³-hybridized carbons (Fsp3) is 0.217. The number of para-hydroxylation sites is 1. The van der Waals surface area contributed by atoms with Crippen molar-refractivity contribution < 1.29 is 9.59 Å². The molecule has 0 unspecified atom stereocenters. The molecule has 2 heterocycles. The molecule has 2 aromatic heterocycles. The lowest BCUT2D eigenvalue weighted by molar-refractivity contribution is 0.0790. The van der Waals surface area contributed by atoms with E-state index in [1.165, 1.54) is 0 Å². The summed E-state index contributed by atoms with van der Waals surface area (Å²) in [5.74, 6) is -0.441. The number of aromatic nitrogens is 2. The maximum Gasteiger partial charge on any atom is 0.276 e. The Kier molecular flexibility index (Phi) is 6.68. The summed E-state index contributed by atoms with van der Waals surface area (Å²) in [5.41, 5.74) is 2.42. The molecule has 2 amide bonds. The number of carbonyl (C=O) groups excluding carboxylic acids is 2. The number of benzene rings is 1. The Morgan fingerprint density at radius 3 is 2.17 bits per heavy atom. The van der Waals surface area contributed by atoms with Gasteiger partial charge in [-0.2, -0.15) is 0 Å². The molecule has 0 fully saturated rings. The van der Waals surface area contributed by atoms with Crippen molar-refractivity contribution in [1.82, 2.24) is 14.9 Å². The number of nitrogens with zero attached hydrogens (tertiary/aromatic N) is 4. The Hall–Kier alpha value is -3.54. The number of likely N-dealkylation sites (N-methyl/N-ethyl adjacent to an activating group) is 1. The van der Waals surface area contributed by atoms with Gasteiger partial charge in [-0.05, 0) is 55.3 Å². The molecule has 0 aliphatic carbocycles. The fourth-order valence-corrected chi connectivity index (χ4v) is 3.01. The third kappa shape index (κ3) is 5.04. The van der Waals surface area contributed by atoms with Crippen molar-refractivity contribution in [2.45, 2.75) is 13.3 Å². The first-order valence-electron chi connectivity index (χ1n) is 9.58. The highest BCUT2D eigenvalue weighted by Gasteiger charge is 2.20. The molecule has 3 aromatic rings. The summed E-state index contributed by atoms with van der Waals surface area (Å²) in [6.45, 7) is 2.97. The summed E-state index contributed by atoms with van der Waals surface area (Å²) in [6, 6.07) is 18.3. The van der Waals surface area contributed by atoms with Crippen molar-refractivity contribution in [2.24, 2.45) is 0 Å². The van der Waals surface area contributed by atoms with Gasteiger partial charge in [-0.15, -0.1) is 0 Å². The van der Waals surface area contributed by atoms with Crippen molar-refractivity contribution in [3.63, 3.8) is 0 Å². The van der Waals surface area contributed by atoms with Gasteiger partial charge in [0.05, 0.1) is 0 Å². The van der Waals surface area contributed by atoms with Crippen LogP contribution >= 0.6 is 0 Å². The Labute approximate surface area is 170 Å². The van der Waals surface area contributed by atoms with E-state index in [0.717, 1.165) is 17.7 Å². The first-order valence-corrected chi connectivity index (χ1v) is 9.58. The minimum Gasteiger partial charge on any atom is -0.340 e. The maximum absolute atomic E-state index is 13.0. The standard InChI is InChI=1S/C23H24N4O2/c1-3-27(19-8-5-4-6-9-19)23(29)21-11-7-10-20(25-21)22(28)26(2)17-14-18-12-15-24-16-13-18/h4-13,15-16H,3,14,17H2,1-2H3. The second-order valence-electron chi connectivity index (χ2n) is 6.63.